The zero-order chi connectivity index (χ0) is 20.9. The Balaban J connectivity index is 1.65. The molecule has 0 N–H and O–H groups in total. The maximum absolute atomic E-state index is 12.2. The number of benzene rings is 3. The summed E-state index contributed by atoms with van der Waals surface area (Å²) in [5.41, 5.74) is 8.54. The topological polar surface area (TPSA) is 34.5 Å². The maximum atomic E-state index is 12.2. The van der Waals surface area contributed by atoms with Crippen molar-refractivity contribution in [1.82, 2.24) is 4.57 Å². The van der Waals surface area contributed by atoms with E-state index >= 15 is 0 Å². The lowest BCUT2D eigenvalue weighted by molar-refractivity contribution is 0.0600. The van der Waals surface area contributed by atoms with Gasteiger partial charge in [-0.15, -0.1) is 0 Å². The van der Waals surface area contributed by atoms with E-state index in [-0.39, 0.29) is 12.0 Å². The van der Waals surface area contributed by atoms with Crippen molar-refractivity contribution < 1.29 is 9.53 Å². The molecule has 0 aliphatic carbocycles. The summed E-state index contributed by atoms with van der Waals surface area (Å²) >= 11 is 0. The van der Waals surface area contributed by atoms with Crippen LogP contribution in [-0.2, 0) is 4.74 Å². The van der Waals surface area contributed by atoms with Gasteiger partial charge in [0.05, 0.1) is 35.4 Å². The Labute approximate surface area is 180 Å². The summed E-state index contributed by atoms with van der Waals surface area (Å²) in [6, 6.07) is 29.1. The lowest BCUT2D eigenvalue weighted by Crippen LogP contribution is -2.36. The number of hydrogen-bond acceptors (Lipinski definition) is 3. The highest BCUT2D eigenvalue weighted by Crippen LogP contribution is 2.50. The van der Waals surface area contributed by atoms with Gasteiger partial charge in [-0.3, -0.25) is 0 Å². The molecule has 0 radical (unpaired) electrons. The van der Waals surface area contributed by atoms with Crippen LogP contribution in [-0.4, -0.2) is 17.6 Å². The van der Waals surface area contributed by atoms with E-state index in [4.69, 9.17) is 4.74 Å². The van der Waals surface area contributed by atoms with Gasteiger partial charge in [-0.25, -0.2) is 4.79 Å². The first-order chi connectivity index (χ1) is 15.3. The number of nitrogens with zero attached hydrogens (tertiary/aromatic N) is 2. The maximum Gasteiger partial charge on any atom is 0.337 e. The molecule has 0 saturated heterocycles. The lowest BCUT2D eigenvalue weighted by Gasteiger charge is -2.44. The van der Waals surface area contributed by atoms with Gasteiger partial charge in [0.15, 0.2) is 0 Å². The third-order valence-electron chi connectivity index (χ3n) is 6.15. The number of carbonyl (C=O) groups excluding carboxylic acids is 1. The normalized spacial score (nSPS) is 15.8. The molecule has 31 heavy (non-hydrogen) atoms. The molecular formula is C27H20N2O2. The van der Waals surface area contributed by atoms with E-state index in [1.54, 1.807) is 0 Å². The Hall–Kier alpha value is -4.05. The predicted molar refractivity (Wildman–Crippen MR) is 122 cm³/mol. The van der Waals surface area contributed by atoms with Gasteiger partial charge >= 0.3 is 5.97 Å². The second-order valence-electron chi connectivity index (χ2n) is 7.80. The summed E-state index contributed by atoms with van der Waals surface area (Å²) in [5.74, 6) is -0.332. The SMILES string of the molecule is COC(=O)c1ccc2c(c1)-n1cccc1C1c3ccccc3C=C(c3ccccc3)N21. The van der Waals surface area contributed by atoms with Gasteiger partial charge in [-0.1, -0.05) is 54.6 Å². The summed E-state index contributed by atoms with van der Waals surface area (Å²) in [6.45, 7) is 0. The second kappa shape index (κ2) is 6.74. The van der Waals surface area contributed by atoms with Crippen molar-refractivity contribution in [3.8, 4) is 5.69 Å². The predicted octanol–water partition coefficient (Wildman–Crippen LogP) is 5.69. The van der Waals surface area contributed by atoms with Crippen molar-refractivity contribution in [2.75, 3.05) is 12.0 Å². The van der Waals surface area contributed by atoms with Gasteiger partial charge in [0.1, 0.15) is 6.04 Å². The number of fused-ring (bicyclic) bond motifs is 8. The smallest absolute Gasteiger partial charge is 0.337 e. The number of carbonyl (C=O) groups is 1. The molecule has 1 atom stereocenters. The molecule has 4 nitrogen and oxygen atoms in total. The van der Waals surface area contributed by atoms with E-state index in [1.165, 1.54) is 23.9 Å². The molecule has 3 aromatic carbocycles. The van der Waals surface area contributed by atoms with Crippen LogP contribution in [0.25, 0.3) is 17.5 Å². The molecule has 4 heteroatoms. The number of rotatable bonds is 2. The van der Waals surface area contributed by atoms with Crippen LogP contribution in [0.4, 0.5) is 5.69 Å². The first-order valence-electron chi connectivity index (χ1n) is 10.3. The van der Waals surface area contributed by atoms with Gasteiger partial charge in [-0.05, 0) is 53.1 Å². The third kappa shape index (κ3) is 2.58. The van der Waals surface area contributed by atoms with Gasteiger partial charge in [-0.2, -0.15) is 0 Å². The van der Waals surface area contributed by atoms with Crippen LogP contribution in [0.15, 0.2) is 91.1 Å². The highest BCUT2D eigenvalue weighted by atomic mass is 16.5. The summed E-state index contributed by atoms with van der Waals surface area (Å²) in [5, 5.41) is 0. The van der Waals surface area contributed by atoms with E-state index in [2.05, 4.69) is 82.4 Å². The Morgan fingerprint density at radius 1 is 0.871 bits per heavy atom. The van der Waals surface area contributed by atoms with Gasteiger partial charge in [0.2, 0.25) is 0 Å². The van der Waals surface area contributed by atoms with Crippen molar-refractivity contribution in [3.63, 3.8) is 0 Å². The van der Waals surface area contributed by atoms with Crippen LogP contribution in [0.3, 0.4) is 0 Å². The standard InChI is InChI=1S/C27H20N2O2/c1-31-27(30)20-13-14-22-25(17-20)28-15-7-12-23(28)26-21-11-6-5-10-19(21)16-24(29(22)26)18-8-3-2-4-9-18/h2-17,26H,1H3. The van der Waals surface area contributed by atoms with E-state index in [9.17, 15) is 4.79 Å². The van der Waals surface area contributed by atoms with Crippen LogP contribution in [0.2, 0.25) is 0 Å². The van der Waals surface area contributed by atoms with Crippen LogP contribution < -0.4 is 4.90 Å². The molecule has 0 amide bonds. The fraction of sp³-hybridized carbons (Fsp3) is 0.0741. The molecule has 6 rings (SSSR count). The molecule has 1 unspecified atom stereocenters. The molecule has 2 aliphatic heterocycles. The fourth-order valence-corrected chi connectivity index (χ4v) is 4.78. The van der Waals surface area contributed by atoms with Crippen molar-refractivity contribution in [1.29, 1.82) is 0 Å². The van der Waals surface area contributed by atoms with E-state index in [0.29, 0.717) is 5.56 Å². The minimum Gasteiger partial charge on any atom is -0.465 e. The number of hydrogen-bond donors (Lipinski definition) is 0. The van der Waals surface area contributed by atoms with Crippen LogP contribution in [0, 0.1) is 0 Å². The highest BCUT2D eigenvalue weighted by Gasteiger charge is 2.38. The number of esters is 1. The Bertz CT molecular complexity index is 1350. The highest BCUT2D eigenvalue weighted by molar-refractivity contribution is 5.98. The Kier molecular flexibility index (Phi) is 3.87. The monoisotopic (exact) mass is 404 g/mol. The molecule has 150 valence electrons. The number of methoxy groups -OCH3 is 1. The first-order valence-corrected chi connectivity index (χ1v) is 10.3. The van der Waals surface area contributed by atoms with E-state index < -0.39 is 0 Å². The fourth-order valence-electron chi connectivity index (χ4n) is 4.78. The zero-order valence-corrected chi connectivity index (χ0v) is 17.0. The third-order valence-corrected chi connectivity index (χ3v) is 6.15. The van der Waals surface area contributed by atoms with Gasteiger partial charge < -0.3 is 14.2 Å². The van der Waals surface area contributed by atoms with Crippen molar-refractivity contribution in [2.45, 2.75) is 6.04 Å². The molecule has 3 heterocycles. The average molecular weight is 404 g/mol. The van der Waals surface area contributed by atoms with Crippen LogP contribution >= 0.6 is 0 Å². The minimum atomic E-state index is -0.332. The summed E-state index contributed by atoms with van der Waals surface area (Å²) in [6.07, 6.45) is 4.33. The summed E-state index contributed by atoms with van der Waals surface area (Å²) in [4.78, 5) is 14.6. The summed E-state index contributed by atoms with van der Waals surface area (Å²) < 4.78 is 7.16. The molecular weight excluding hydrogens is 384 g/mol. The molecule has 0 bridgehead atoms. The minimum absolute atomic E-state index is 0.0443. The summed E-state index contributed by atoms with van der Waals surface area (Å²) in [7, 11) is 1.41. The van der Waals surface area contributed by atoms with Gasteiger partial charge in [0.25, 0.3) is 0 Å². The Morgan fingerprint density at radius 2 is 1.68 bits per heavy atom. The second-order valence-corrected chi connectivity index (χ2v) is 7.80. The van der Waals surface area contributed by atoms with Crippen molar-refractivity contribution >= 4 is 23.4 Å². The van der Waals surface area contributed by atoms with Crippen molar-refractivity contribution in [3.05, 3.63) is 119 Å². The van der Waals surface area contributed by atoms with E-state index in [0.717, 1.165) is 22.6 Å². The molecule has 0 saturated carbocycles. The van der Waals surface area contributed by atoms with Gasteiger partial charge in [0, 0.05) is 6.20 Å². The number of ether oxygens (including phenoxy) is 1. The van der Waals surface area contributed by atoms with E-state index in [1.807, 2.05) is 24.3 Å². The molecule has 0 spiro atoms. The average Bonchev–Trinajstić information content (AvgIpc) is 3.33. The molecule has 1 aromatic heterocycles. The molecule has 4 aromatic rings. The number of aromatic nitrogens is 1. The van der Waals surface area contributed by atoms with Crippen LogP contribution in [0.1, 0.15) is 38.8 Å². The Morgan fingerprint density at radius 3 is 2.52 bits per heavy atom. The number of anilines is 1. The largest absolute Gasteiger partial charge is 0.465 e. The lowest BCUT2D eigenvalue weighted by atomic mass is 9.87. The zero-order valence-electron chi connectivity index (χ0n) is 17.0. The van der Waals surface area contributed by atoms with Crippen LogP contribution in [0.5, 0.6) is 0 Å². The van der Waals surface area contributed by atoms with Crippen molar-refractivity contribution in [2.24, 2.45) is 0 Å². The molecule has 2 aliphatic rings. The first kappa shape index (κ1) is 17.8. The molecule has 0 fully saturated rings. The quantitative estimate of drug-likeness (QED) is 0.403.